The van der Waals surface area contributed by atoms with E-state index in [0.29, 0.717) is 12.3 Å². The van der Waals surface area contributed by atoms with E-state index in [-0.39, 0.29) is 11.8 Å². The Kier molecular flexibility index (Phi) is 5.85. The Hall–Kier alpha value is -1.99. The first-order valence-electron chi connectivity index (χ1n) is 7.24. The van der Waals surface area contributed by atoms with Crippen LogP contribution in [-0.4, -0.2) is 49.0 Å². The van der Waals surface area contributed by atoms with Gasteiger partial charge in [0.25, 0.3) is 6.43 Å². The molecule has 0 aromatic carbocycles. The lowest BCUT2D eigenvalue weighted by molar-refractivity contribution is -0.122. The van der Waals surface area contributed by atoms with Crippen LogP contribution in [0.25, 0.3) is 0 Å². The van der Waals surface area contributed by atoms with E-state index in [1.165, 1.54) is 6.33 Å². The molecule has 1 N–H and O–H groups in total. The Labute approximate surface area is 127 Å². The number of nitrogens with zero attached hydrogens (tertiary/aromatic N) is 3. The summed E-state index contributed by atoms with van der Waals surface area (Å²) in [4.78, 5) is 21.8. The van der Waals surface area contributed by atoms with Gasteiger partial charge in [-0.05, 0) is 18.8 Å². The van der Waals surface area contributed by atoms with Crippen molar-refractivity contribution in [2.45, 2.75) is 25.7 Å². The van der Waals surface area contributed by atoms with E-state index in [4.69, 9.17) is 4.74 Å². The number of rotatable bonds is 6. The Balaban J connectivity index is 1.79. The summed E-state index contributed by atoms with van der Waals surface area (Å²) >= 11 is 0. The molecule has 1 saturated heterocycles. The molecule has 1 aliphatic rings. The number of carbonyl (C=O) groups excluding carboxylic acids is 1. The average molecular weight is 314 g/mol. The van der Waals surface area contributed by atoms with Gasteiger partial charge in [-0.3, -0.25) is 4.79 Å². The highest BCUT2D eigenvalue weighted by molar-refractivity contribution is 5.76. The van der Waals surface area contributed by atoms with Crippen LogP contribution >= 0.6 is 0 Å². The van der Waals surface area contributed by atoms with Gasteiger partial charge >= 0.3 is 0 Å². The third-order valence-electron chi connectivity index (χ3n) is 3.70. The van der Waals surface area contributed by atoms with Crippen molar-refractivity contribution in [2.75, 3.05) is 31.6 Å². The number of ether oxygens (including phenoxy) is 1. The summed E-state index contributed by atoms with van der Waals surface area (Å²) < 4.78 is 29.1. The number of hydrogen-bond donors (Lipinski definition) is 1. The topological polar surface area (TPSA) is 67.3 Å². The van der Waals surface area contributed by atoms with Crippen LogP contribution in [0.3, 0.4) is 0 Å². The molecular weight excluding hydrogens is 294 g/mol. The summed E-state index contributed by atoms with van der Waals surface area (Å²) in [6.45, 7) is 0.971. The van der Waals surface area contributed by atoms with E-state index in [1.54, 1.807) is 13.2 Å². The second kappa shape index (κ2) is 7.86. The summed E-state index contributed by atoms with van der Waals surface area (Å²) in [6, 6.07) is 1.77. The van der Waals surface area contributed by atoms with Crippen LogP contribution in [0.5, 0.6) is 5.88 Å². The fraction of sp³-hybridized carbons (Fsp3) is 0.643. The van der Waals surface area contributed by atoms with Crippen molar-refractivity contribution in [3.05, 3.63) is 12.4 Å². The first-order valence-corrected chi connectivity index (χ1v) is 7.24. The van der Waals surface area contributed by atoms with Crippen molar-refractivity contribution < 1.29 is 18.3 Å². The van der Waals surface area contributed by atoms with Crippen LogP contribution in [0.4, 0.5) is 14.6 Å². The molecule has 0 saturated carbocycles. The maximum absolute atomic E-state index is 12.0. The Morgan fingerprint density at radius 3 is 2.82 bits per heavy atom. The van der Waals surface area contributed by atoms with Crippen molar-refractivity contribution in [1.82, 2.24) is 15.3 Å². The molecule has 0 unspecified atom stereocenters. The Bertz CT molecular complexity index is 493. The number of hydrogen-bond acceptors (Lipinski definition) is 5. The van der Waals surface area contributed by atoms with Crippen LogP contribution in [0.1, 0.15) is 19.3 Å². The number of amides is 1. The van der Waals surface area contributed by atoms with E-state index in [2.05, 4.69) is 20.2 Å². The molecular formula is C14H20F2N4O2. The maximum Gasteiger partial charge on any atom is 0.255 e. The third-order valence-corrected chi connectivity index (χ3v) is 3.70. The average Bonchev–Trinajstić information content (AvgIpc) is 2.54. The Morgan fingerprint density at radius 1 is 1.45 bits per heavy atom. The van der Waals surface area contributed by atoms with E-state index in [1.807, 2.05) is 0 Å². The molecule has 1 amide bonds. The molecule has 0 aliphatic carbocycles. The van der Waals surface area contributed by atoms with Gasteiger partial charge in [-0.2, -0.15) is 0 Å². The molecule has 0 bridgehead atoms. The van der Waals surface area contributed by atoms with E-state index < -0.39 is 13.0 Å². The molecule has 1 fully saturated rings. The van der Waals surface area contributed by atoms with Crippen molar-refractivity contribution >= 4 is 11.7 Å². The zero-order chi connectivity index (χ0) is 15.9. The van der Waals surface area contributed by atoms with Crippen molar-refractivity contribution in [3.63, 3.8) is 0 Å². The summed E-state index contributed by atoms with van der Waals surface area (Å²) in [5, 5.41) is 2.25. The number of carbonyl (C=O) groups is 1. The summed E-state index contributed by atoms with van der Waals surface area (Å²) in [6.07, 6.45) is 0.910. The molecule has 2 heterocycles. The van der Waals surface area contributed by atoms with Gasteiger partial charge in [0.15, 0.2) is 0 Å². The van der Waals surface area contributed by atoms with Crippen LogP contribution in [0.15, 0.2) is 12.4 Å². The van der Waals surface area contributed by atoms with E-state index >= 15 is 0 Å². The lowest BCUT2D eigenvalue weighted by atomic mass is 9.93. The predicted molar refractivity (Wildman–Crippen MR) is 77.2 cm³/mol. The van der Waals surface area contributed by atoms with Crippen LogP contribution in [0, 0.1) is 5.92 Å². The fourth-order valence-electron chi connectivity index (χ4n) is 2.51. The summed E-state index contributed by atoms with van der Waals surface area (Å²) in [7, 11) is 1.55. The number of halogens is 2. The second-order valence-electron chi connectivity index (χ2n) is 5.25. The normalized spacial score (nSPS) is 15.9. The van der Waals surface area contributed by atoms with Crippen LogP contribution < -0.4 is 15.0 Å². The number of methoxy groups -OCH3 is 1. The fourth-order valence-corrected chi connectivity index (χ4v) is 2.51. The molecule has 6 nitrogen and oxygen atoms in total. The molecule has 2 rings (SSSR count). The molecule has 1 aromatic heterocycles. The highest BCUT2D eigenvalue weighted by Gasteiger charge is 2.22. The third kappa shape index (κ3) is 4.78. The van der Waals surface area contributed by atoms with Crippen LogP contribution in [-0.2, 0) is 4.79 Å². The number of piperidine rings is 1. The highest BCUT2D eigenvalue weighted by atomic mass is 19.3. The molecule has 0 radical (unpaired) electrons. The maximum atomic E-state index is 12.0. The minimum absolute atomic E-state index is 0.220. The minimum atomic E-state index is -2.50. The number of anilines is 1. The Morgan fingerprint density at radius 2 is 2.18 bits per heavy atom. The largest absolute Gasteiger partial charge is 0.481 e. The molecule has 0 atom stereocenters. The SMILES string of the molecule is COc1cc(N2CCC(CC(=O)NCC(F)F)CC2)ncn1. The van der Waals surface area contributed by atoms with E-state index in [9.17, 15) is 13.6 Å². The molecule has 1 aromatic rings. The van der Waals surface area contributed by atoms with Crippen molar-refractivity contribution in [3.8, 4) is 5.88 Å². The second-order valence-corrected chi connectivity index (χ2v) is 5.25. The first-order chi connectivity index (χ1) is 10.6. The number of alkyl halides is 2. The van der Waals surface area contributed by atoms with Gasteiger partial charge in [-0.1, -0.05) is 0 Å². The lowest BCUT2D eigenvalue weighted by Crippen LogP contribution is -2.37. The monoisotopic (exact) mass is 314 g/mol. The zero-order valence-corrected chi connectivity index (χ0v) is 12.5. The standard InChI is InChI=1S/C14H20F2N4O2/c1-22-14-7-12(18-9-19-14)20-4-2-10(3-5-20)6-13(21)17-8-11(15)16/h7,9-11H,2-6,8H2,1H3,(H,17,21). The van der Waals surface area contributed by atoms with Crippen molar-refractivity contribution in [1.29, 1.82) is 0 Å². The number of aromatic nitrogens is 2. The molecule has 8 heteroatoms. The van der Waals surface area contributed by atoms with Gasteiger partial charge in [0.05, 0.1) is 13.7 Å². The molecule has 22 heavy (non-hydrogen) atoms. The minimum Gasteiger partial charge on any atom is -0.481 e. The number of nitrogens with one attached hydrogen (secondary N) is 1. The van der Waals surface area contributed by atoms with Crippen molar-refractivity contribution in [2.24, 2.45) is 5.92 Å². The smallest absolute Gasteiger partial charge is 0.255 e. The predicted octanol–water partition coefficient (Wildman–Crippen LogP) is 1.47. The quantitative estimate of drug-likeness (QED) is 0.861. The van der Waals surface area contributed by atoms with Gasteiger partial charge in [0, 0.05) is 25.6 Å². The summed E-state index contributed by atoms with van der Waals surface area (Å²) in [5.41, 5.74) is 0. The van der Waals surface area contributed by atoms with Gasteiger partial charge < -0.3 is 15.0 Å². The molecule has 122 valence electrons. The van der Waals surface area contributed by atoms with Gasteiger partial charge in [-0.25, -0.2) is 18.7 Å². The summed E-state index contributed by atoms with van der Waals surface area (Å²) in [5.74, 6) is 1.23. The molecule has 0 spiro atoms. The van der Waals surface area contributed by atoms with Gasteiger partial charge in [0.2, 0.25) is 11.8 Å². The van der Waals surface area contributed by atoms with Gasteiger partial charge in [-0.15, -0.1) is 0 Å². The van der Waals surface area contributed by atoms with Gasteiger partial charge in [0.1, 0.15) is 12.1 Å². The highest BCUT2D eigenvalue weighted by Crippen LogP contribution is 2.25. The first kappa shape index (κ1) is 16.4. The lowest BCUT2D eigenvalue weighted by Gasteiger charge is -2.32. The van der Waals surface area contributed by atoms with E-state index in [0.717, 1.165) is 31.7 Å². The van der Waals surface area contributed by atoms with Crippen LogP contribution in [0.2, 0.25) is 0 Å². The molecule has 1 aliphatic heterocycles. The zero-order valence-electron chi connectivity index (χ0n) is 12.5.